The first-order valence-corrected chi connectivity index (χ1v) is 8.68. The molecule has 26 heavy (non-hydrogen) atoms. The van der Waals surface area contributed by atoms with Crippen LogP contribution in [0, 0.1) is 13.8 Å². The van der Waals surface area contributed by atoms with Gasteiger partial charge >= 0.3 is 6.03 Å². The van der Waals surface area contributed by atoms with Gasteiger partial charge in [0.15, 0.2) is 5.82 Å². The van der Waals surface area contributed by atoms with E-state index >= 15 is 0 Å². The predicted molar refractivity (Wildman–Crippen MR) is 102 cm³/mol. The van der Waals surface area contributed by atoms with Crippen LogP contribution in [0.2, 0.25) is 0 Å². The second kappa shape index (κ2) is 7.82. The molecule has 3 rings (SSSR count). The van der Waals surface area contributed by atoms with E-state index in [1.165, 1.54) is 0 Å². The van der Waals surface area contributed by atoms with Crippen LogP contribution in [0.4, 0.5) is 10.5 Å². The molecule has 3 N–H and O–H groups in total. The molecule has 0 saturated heterocycles. The highest BCUT2D eigenvalue weighted by Gasteiger charge is 2.21. The Morgan fingerprint density at radius 3 is 2.54 bits per heavy atom. The number of benzene rings is 2. The molecular weight excluding hydrogens is 326 g/mol. The Kier molecular flexibility index (Phi) is 5.31. The van der Waals surface area contributed by atoms with E-state index in [9.17, 15) is 4.79 Å². The van der Waals surface area contributed by atoms with E-state index in [-0.39, 0.29) is 6.03 Å². The summed E-state index contributed by atoms with van der Waals surface area (Å²) in [6.45, 7) is 5.89. The van der Waals surface area contributed by atoms with Gasteiger partial charge in [0.1, 0.15) is 11.9 Å². The van der Waals surface area contributed by atoms with Crippen LogP contribution in [0.15, 0.2) is 48.5 Å². The number of carbonyl (C=O) groups is 1. The number of nitrogens with zero attached hydrogens (tertiary/aromatic N) is 2. The summed E-state index contributed by atoms with van der Waals surface area (Å²) in [4.78, 5) is 17.1. The second-order valence-electron chi connectivity index (χ2n) is 6.18. The molecular formula is C20H23N5O. The molecule has 1 atom stereocenters. The number of rotatable bonds is 5. The van der Waals surface area contributed by atoms with Crippen LogP contribution < -0.4 is 10.6 Å². The number of aromatic amines is 1. The predicted octanol–water partition coefficient (Wildman–Crippen LogP) is 3.90. The maximum atomic E-state index is 12.7. The third-order valence-electron chi connectivity index (χ3n) is 4.26. The lowest BCUT2D eigenvalue weighted by molar-refractivity contribution is 0.249. The van der Waals surface area contributed by atoms with Crippen molar-refractivity contribution >= 4 is 11.7 Å². The number of H-pyrrole nitrogens is 1. The van der Waals surface area contributed by atoms with Crippen molar-refractivity contribution in [1.29, 1.82) is 0 Å². The lowest BCUT2D eigenvalue weighted by Gasteiger charge is -2.19. The van der Waals surface area contributed by atoms with Crippen molar-refractivity contribution in [3.8, 4) is 0 Å². The van der Waals surface area contributed by atoms with Gasteiger partial charge in [-0.15, -0.1) is 0 Å². The first-order chi connectivity index (χ1) is 12.6. The molecule has 1 aromatic heterocycles. The smallest absolute Gasteiger partial charge is 0.320 e. The third-order valence-corrected chi connectivity index (χ3v) is 4.26. The van der Waals surface area contributed by atoms with Crippen molar-refractivity contribution in [1.82, 2.24) is 20.5 Å². The largest absolute Gasteiger partial charge is 0.324 e. The Morgan fingerprint density at radius 1 is 1.12 bits per heavy atom. The van der Waals surface area contributed by atoms with Gasteiger partial charge in [-0.3, -0.25) is 5.10 Å². The highest BCUT2D eigenvalue weighted by Crippen LogP contribution is 2.22. The van der Waals surface area contributed by atoms with Crippen LogP contribution in [-0.2, 0) is 6.42 Å². The molecule has 0 aliphatic carbocycles. The molecule has 1 unspecified atom stereocenters. The van der Waals surface area contributed by atoms with Gasteiger partial charge in [0.2, 0.25) is 0 Å². The molecule has 134 valence electrons. The van der Waals surface area contributed by atoms with Crippen LogP contribution in [0.5, 0.6) is 0 Å². The van der Waals surface area contributed by atoms with Crippen LogP contribution in [-0.4, -0.2) is 21.2 Å². The number of anilines is 1. The molecule has 0 aliphatic rings. The molecule has 0 fully saturated rings. The van der Waals surface area contributed by atoms with Crippen LogP contribution >= 0.6 is 0 Å². The maximum absolute atomic E-state index is 12.7. The molecule has 0 spiro atoms. The first kappa shape index (κ1) is 17.7. The zero-order chi connectivity index (χ0) is 18.5. The van der Waals surface area contributed by atoms with Crippen molar-refractivity contribution < 1.29 is 4.79 Å². The number of hydrogen-bond acceptors (Lipinski definition) is 3. The van der Waals surface area contributed by atoms with Crippen LogP contribution in [0.1, 0.15) is 41.3 Å². The standard InChI is InChI=1S/C20H23N5O/c1-4-15-12-8-9-13(2)17(15)22-20(26)23-18(16-10-6-5-7-11-16)19-21-14(3)24-25-19/h5-12,18H,4H2,1-3H3,(H,21,24,25)(H2,22,23,26). The summed E-state index contributed by atoms with van der Waals surface area (Å²) in [6, 6.07) is 15.0. The van der Waals surface area contributed by atoms with Crippen molar-refractivity contribution in [2.24, 2.45) is 0 Å². The van der Waals surface area contributed by atoms with Crippen molar-refractivity contribution in [2.75, 3.05) is 5.32 Å². The zero-order valence-electron chi connectivity index (χ0n) is 15.2. The first-order valence-electron chi connectivity index (χ1n) is 8.68. The Labute approximate surface area is 153 Å². The highest BCUT2D eigenvalue weighted by molar-refractivity contribution is 5.91. The number of hydrogen-bond donors (Lipinski definition) is 3. The molecule has 0 saturated carbocycles. The Hall–Kier alpha value is -3.15. The molecule has 0 radical (unpaired) electrons. The third kappa shape index (κ3) is 3.91. The summed E-state index contributed by atoms with van der Waals surface area (Å²) in [5.74, 6) is 1.24. The average molecular weight is 349 g/mol. The van der Waals surface area contributed by atoms with Gasteiger partial charge in [0, 0.05) is 5.69 Å². The molecule has 2 amide bonds. The van der Waals surface area contributed by atoms with E-state index in [4.69, 9.17) is 0 Å². The number of aryl methyl sites for hydroxylation is 3. The van der Waals surface area contributed by atoms with Gasteiger partial charge in [-0.25, -0.2) is 9.78 Å². The van der Waals surface area contributed by atoms with Gasteiger partial charge < -0.3 is 10.6 Å². The normalized spacial score (nSPS) is 11.8. The number of aromatic nitrogens is 3. The molecule has 0 bridgehead atoms. The summed E-state index contributed by atoms with van der Waals surface area (Å²) >= 11 is 0. The number of amides is 2. The summed E-state index contributed by atoms with van der Waals surface area (Å²) in [6.07, 6.45) is 0.847. The summed E-state index contributed by atoms with van der Waals surface area (Å²) < 4.78 is 0. The van der Waals surface area contributed by atoms with Gasteiger partial charge in [-0.2, -0.15) is 5.10 Å². The lowest BCUT2D eigenvalue weighted by atomic mass is 10.1. The fraction of sp³-hybridized carbons (Fsp3) is 0.250. The van der Waals surface area contributed by atoms with Gasteiger partial charge in [0.05, 0.1) is 0 Å². The van der Waals surface area contributed by atoms with Crippen molar-refractivity contribution in [3.05, 3.63) is 76.9 Å². The fourth-order valence-corrected chi connectivity index (χ4v) is 2.91. The fourth-order valence-electron chi connectivity index (χ4n) is 2.91. The Balaban J connectivity index is 1.85. The molecule has 6 heteroatoms. The van der Waals surface area contributed by atoms with E-state index in [2.05, 4.69) is 32.7 Å². The van der Waals surface area contributed by atoms with Gasteiger partial charge in [-0.05, 0) is 37.0 Å². The lowest BCUT2D eigenvalue weighted by Crippen LogP contribution is -2.34. The van der Waals surface area contributed by atoms with E-state index in [0.717, 1.165) is 28.8 Å². The van der Waals surface area contributed by atoms with Crippen LogP contribution in [0.25, 0.3) is 0 Å². The minimum absolute atomic E-state index is 0.287. The molecule has 3 aromatic rings. The average Bonchev–Trinajstić information content (AvgIpc) is 3.08. The number of nitrogens with one attached hydrogen (secondary N) is 3. The number of urea groups is 1. The summed E-state index contributed by atoms with van der Waals surface area (Å²) in [7, 11) is 0. The molecule has 2 aromatic carbocycles. The zero-order valence-corrected chi connectivity index (χ0v) is 15.2. The topological polar surface area (TPSA) is 82.7 Å². The summed E-state index contributed by atoms with van der Waals surface area (Å²) in [5.41, 5.74) is 3.90. The second-order valence-corrected chi connectivity index (χ2v) is 6.18. The van der Waals surface area contributed by atoms with E-state index in [1.807, 2.05) is 62.4 Å². The monoisotopic (exact) mass is 349 g/mol. The van der Waals surface area contributed by atoms with Crippen molar-refractivity contribution in [3.63, 3.8) is 0 Å². The SMILES string of the molecule is CCc1cccc(C)c1NC(=O)NC(c1ccccc1)c1n[nH]c(C)n1. The van der Waals surface area contributed by atoms with Gasteiger partial charge in [-0.1, -0.05) is 55.5 Å². The van der Waals surface area contributed by atoms with Crippen LogP contribution in [0.3, 0.4) is 0 Å². The van der Waals surface area contributed by atoms with Crippen molar-refractivity contribution in [2.45, 2.75) is 33.2 Å². The Bertz CT molecular complexity index is 888. The quantitative estimate of drug-likeness (QED) is 0.653. The summed E-state index contributed by atoms with van der Waals surface area (Å²) in [5, 5.41) is 13.0. The van der Waals surface area contributed by atoms with E-state index < -0.39 is 6.04 Å². The maximum Gasteiger partial charge on any atom is 0.320 e. The van der Waals surface area contributed by atoms with E-state index in [0.29, 0.717) is 11.6 Å². The van der Waals surface area contributed by atoms with E-state index in [1.54, 1.807) is 0 Å². The number of para-hydroxylation sites is 1. The minimum Gasteiger partial charge on any atom is -0.324 e. The molecule has 0 aliphatic heterocycles. The molecule has 6 nitrogen and oxygen atoms in total. The number of carbonyl (C=O) groups excluding carboxylic acids is 1. The minimum atomic E-state index is -0.435. The Morgan fingerprint density at radius 2 is 1.88 bits per heavy atom. The van der Waals surface area contributed by atoms with Gasteiger partial charge in [0.25, 0.3) is 0 Å². The highest BCUT2D eigenvalue weighted by atomic mass is 16.2. The molecule has 1 heterocycles.